The Morgan fingerprint density at radius 3 is 2.54 bits per heavy atom. The van der Waals surface area contributed by atoms with E-state index in [-0.39, 0.29) is 30.6 Å². The van der Waals surface area contributed by atoms with E-state index in [0.717, 1.165) is 0 Å². The van der Waals surface area contributed by atoms with Gasteiger partial charge in [-0.1, -0.05) is 23.2 Å². The zero-order valence-corrected chi connectivity index (χ0v) is 14.8. The monoisotopic (exact) mass is 369 g/mol. The predicted octanol–water partition coefficient (Wildman–Crippen LogP) is 3.50. The molecule has 128 valence electrons. The molecule has 1 amide bonds. The van der Waals surface area contributed by atoms with Gasteiger partial charge in [-0.2, -0.15) is 5.10 Å². The Morgan fingerprint density at radius 2 is 1.96 bits per heavy atom. The van der Waals surface area contributed by atoms with Crippen molar-refractivity contribution in [3.63, 3.8) is 0 Å². The van der Waals surface area contributed by atoms with Gasteiger partial charge in [0.15, 0.2) is 5.69 Å². The molecule has 1 heterocycles. The molecule has 0 saturated heterocycles. The van der Waals surface area contributed by atoms with Crippen LogP contribution in [0.25, 0.3) is 5.69 Å². The van der Waals surface area contributed by atoms with Gasteiger partial charge in [0.05, 0.1) is 22.2 Å². The zero-order chi connectivity index (χ0) is 17.9. The highest BCUT2D eigenvalue weighted by Gasteiger charge is 2.22. The first-order chi connectivity index (χ1) is 11.3. The second-order valence-electron chi connectivity index (χ2n) is 5.48. The normalized spacial score (nSPS) is 10.9. The van der Waals surface area contributed by atoms with Crippen LogP contribution in [0.1, 0.15) is 30.8 Å². The lowest BCUT2D eigenvalue weighted by Gasteiger charge is -2.25. The van der Waals surface area contributed by atoms with Crippen LogP contribution >= 0.6 is 23.2 Å². The smallest absolute Gasteiger partial charge is 0.305 e. The van der Waals surface area contributed by atoms with Gasteiger partial charge in [-0.3, -0.25) is 9.59 Å². The van der Waals surface area contributed by atoms with E-state index in [9.17, 15) is 9.59 Å². The SMILES string of the molecule is CC(C)N(CCC(=O)O)C(=O)c1ccn(-c2ccc(Cl)c(Cl)c2)n1. The Balaban J connectivity index is 2.22. The summed E-state index contributed by atoms with van der Waals surface area (Å²) in [6.07, 6.45) is 1.53. The third kappa shape index (κ3) is 4.27. The number of carbonyl (C=O) groups is 2. The van der Waals surface area contributed by atoms with E-state index in [1.165, 1.54) is 9.58 Å². The van der Waals surface area contributed by atoms with Crippen molar-refractivity contribution in [1.82, 2.24) is 14.7 Å². The van der Waals surface area contributed by atoms with Crippen LogP contribution in [0.5, 0.6) is 0 Å². The molecule has 0 fully saturated rings. The molecule has 0 aliphatic rings. The molecule has 0 aliphatic carbocycles. The van der Waals surface area contributed by atoms with Gasteiger partial charge in [-0.15, -0.1) is 0 Å². The largest absolute Gasteiger partial charge is 0.481 e. The van der Waals surface area contributed by atoms with E-state index >= 15 is 0 Å². The van der Waals surface area contributed by atoms with Crippen LogP contribution in [-0.4, -0.2) is 44.3 Å². The van der Waals surface area contributed by atoms with Crippen LogP contribution in [0.4, 0.5) is 0 Å². The van der Waals surface area contributed by atoms with Gasteiger partial charge in [0.2, 0.25) is 0 Å². The number of aliphatic carboxylic acids is 1. The zero-order valence-electron chi connectivity index (χ0n) is 13.2. The average Bonchev–Trinajstić information content (AvgIpc) is 2.99. The Kier molecular flexibility index (Phi) is 5.85. The minimum absolute atomic E-state index is 0.114. The number of aromatic nitrogens is 2. The lowest BCUT2D eigenvalue weighted by molar-refractivity contribution is -0.137. The van der Waals surface area contributed by atoms with E-state index < -0.39 is 5.97 Å². The number of benzene rings is 1. The molecule has 0 radical (unpaired) electrons. The van der Waals surface area contributed by atoms with Crippen molar-refractivity contribution in [3.05, 3.63) is 46.2 Å². The number of halogens is 2. The predicted molar refractivity (Wildman–Crippen MR) is 92.0 cm³/mol. The topological polar surface area (TPSA) is 75.4 Å². The van der Waals surface area contributed by atoms with Gasteiger partial charge in [0, 0.05) is 18.8 Å². The Morgan fingerprint density at radius 1 is 1.25 bits per heavy atom. The molecule has 0 unspecified atom stereocenters. The summed E-state index contributed by atoms with van der Waals surface area (Å²) in [5.74, 6) is -1.26. The van der Waals surface area contributed by atoms with Gasteiger partial charge >= 0.3 is 5.97 Å². The molecule has 8 heteroatoms. The Labute approximate surface area is 149 Å². The molecule has 0 saturated carbocycles. The second-order valence-corrected chi connectivity index (χ2v) is 6.29. The lowest BCUT2D eigenvalue weighted by Crippen LogP contribution is -2.38. The molecular formula is C16H17Cl2N3O3. The minimum atomic E-state index is -0.949. The fourth-order valence-corrected chi connectivity index (χ4v) is 2.46. The first-order valence-electron chi connectivity index (χ1n) is 7.33. The van der Waals surface area contributed by atoms with Crippen LogP contribution in [0.15, 0.2) is 30.5 Å². The van der Waals surface area contributed by atoms with E-state index in [4.69, 9.17) is 28.3 Å². The standard InChI is InChI=1S/C16H17Cl2N3O3/c1-10(2)20(7-6-15(22)23)16(24)14-5-8-21(19-14)11-3-4-12(17)13(18)9-11/h3-5,8-10H,6-7H2,1-2H3,(H,22,23). The van der Waals surface area contributed by atoms with Crippen LogP contribution in [0.3, 0.4) is 0 Å². The summed E-state index contributed by atoms with van der Waals surface area (Å²) in [6, 6.07) is 6.49. The van der Waals surface area contributed by atoms with Gasteiger partial charge < -0.3 is 10.0 Å². The summed E-state index contributed by atoms with van der Waals surface area (Å²) in [6.45, 7) is 3.79. The Bertz CT molecular complexity index is 759. The van der Waals surface area contributed by atoms with Crippen LogP contribution in [-0.2, 0) is 4.79 Å². The van der Waals surface area contributed by atoms with Gasteiger partial charge in [0.25, 0.3) is 5.91 Å². The van der Waals surface area contributed by atoms with Crippen molar-refractivity contribution >= 4 is 35.1 Å². The highest BCUT2D eigenvalue weighted by atomic mass is 35.5. The van der Waals surface area contributed by atoms with Crippen LogP contribution < -0.4 is 0 Å². The molecule has 1 aromatic carbocycles. The summed E-state index contributed by atoms with van der Waals surface area (Å²) in [5.41, 5.74) is 0.908. The quantitative estimate of drug-likeness (QED) is 0.845. The summed E-state index contributed by atoms with van der Waals surface area (Å²) < 4.78 is 1.52. The maximum atomic E-state index is 12.6. The summed E-state index contributed by atoms with van der Waals surface area (Å²) in [5, 5.41) is 13.9. The third-order valence-corrected chi connectivity index (χ3v) is 4.17. The van der Waals surface area contributed by atoms with Crippen molar-refractivity contribution in [2.75, 3.05) is 6.54 Å². The molecule has 6 nitrogen and oxygen atoms in total. The number of carbonyl (C=O) groups excluding carboxylic acids is 1. The Hall–Kier alpha value is -2.05. The summed E-state index contributed by atoms with van der Waals surface area (Å²) >= 11 is 11.9. The third-order valence-electron chi connectivity index (χ3n) is 3.43. The van der Waals surface area contributed by atoms with Crippen molar-refractivity contribution in [3.8, 4) is 5.69 Å². The molecule has 1 N–H and O–H groups in total. The molecule has 0 atom stereocenters. The molecule has 0 aliphatic heterocycles. The molecule has 2 aromatic rings. The molecule has 0 bridgehead atoms. The molecule has 2 rings (SSSR count). The molecule has 24 heavy (non-hydrogen) atoms. The number of hydrogen-bond acceptors (Lipinski definition) is 3. The highest BCUT2D eigenvalue weighted by molar-refractivity contribution is 6.42. The number of carboxylic acid groups (broad SMARTS) is 1. The maximum absolute atomic E-state index is 12.6. The van der Waals surface area contributed by atoms with Crippen molar-refractivity contribution in [1.29, 1.82) is 0 Å². The summed E-state index contributed by atoms with van der Waals surface area (Å²) in [4.78, 5) is 24.8. The van der Waals surface area contributed by atoms with Crippen LogP contribution in [0, 0.1) is 0 Å². The van der Waals surface area contributed by atoms with Crippen molar-refractivity contribution < 1.29 is 14.7 Å². The first-order valence-corrected chi connectivity index (χ1v) is 8.09. The fourth-order valence-electron chi connectivity index (χ4n) is 2.17. The number of carboxylic acids is 1. The number of hydrogen-bond donors (Lipinski definition) is 1. The number of nitrogens with zero attached hydrogens (tertiary/aromatic N) is 3. The number of rotatable bonds is 6. The molecule has 1 aromatic heterocycles. The summed E-state index contributed by atoms with van der Waals surface area (Å²) in [7, 11) is 0. The van der Waals surface area contributed by atoms with Gasteiger partial charge in [0.1, 0.15) is 0 Å². The van der Waals surface area contributed by atoms with Crippen molar-refractivity contribution in [2.24, 2.45) is 0 Å². The van der Waals surface area contributed by atoms with Gasteiger partial charge in [-0.25, -0.2) is 4.68 Å². The fraction of sp³-hybridized carbons (Fsp3) is 0.312. The lowest BCUT2D eigenvalue weighted by atomic mass is 10.2. The van der Waals surface area contributed by atoms with E-state index in [1.807, 2.05) is 13.8 Å². The maximum Gasteiger partial charge on any atom is 0.305 e. The molecular weight excluding hydrogens is 353 g/mol. The van der Waals surface area contributed by atoms with Gasteiger partial charge in [-0.05, 0) is 38.1 Å². The van der Waals surface area contributed by atoms with E-state index in [2.05, 4.69) is 5.10 Å². The first kappa shape index (κ1) is 18.3. The van der Waals surface area contributed by atoms with E-state index in [1.54, 1.807) is 30.5 Å². The average molecular weight is 370 g/mol. The van der Waals surface area contributed by atoms with E-state index in [0.29, 0.717) is 15.7 Å². The number of amides is 1. The molecule has 0 spiro atoms. The minimum Gasteiger partial charge on any atom is -0.481 e. The van der Waals surface area contributed by atoms with Crippen LogP contribution in [0.2, 0.25) is 10.0 Å². The van der Waals surface area contributed by atoms with Crippen molar-refractivity contribution in [2.45, 2.75) is 26.3 Å². The second kappa shape index (κ2) is 7.68. The highest BCUT2D eigenvalue weighted by Crippen LogP contribution is 2.24.